The normalized spacial score (nSPS) is 13.8. The van der Waals surface area contributed by atoms with Crippen LogP contribution in [0.25, 0.3) is 0 Å². The van der Waals surface area contributed by atoms with Crippen LogP contribution in [0.15, 0.2) is 16.9 Å². The fraction of sp³-hybridized carbons (Fsp3) is 0.615. The predicted molar refractivity (Wildman–Crippen MR) is 73.6 cm³/mol. The van der Waals surface area contributed by atoms with Crippen molar-refractivity contribution in [2.75, 3.05) is 13.7 Å². The molecule has 7 nitrogen and oxygen atoms in total. The number of rotatable bonds is 7. The second kappa shape index (κ2) is 7.76. The molecule has 0 aromatic carbocycles. The zero-order valence-corrected chi connectivity index (χ0v) is 12.0. The number of aliphatic hydroxyl groups excluding tert-OH is 1. The third kappa shape index (κ3) is 5.10. The van der Waals surface area contributed by atoms with Gasteiger partial charge in [0.05, 0.1) is 19.3 Å². The van der Waals surface area contributed by atoms with Crippen molar-refractivity contribution in [2.24, 2.45) is 0 Å². The van der Waals surface area contributed by atoms with Crippen LogP contribution in [-0.4, -0.2) is 46.7 Å². The van der Waals surface area contributed by atoms with E-state index >= 15 is 0 Å². The molecule has 1 aromatic heterocycles. The van der Waals surface area contributed by atoms with E-state index in [0.29, 0.717) is 19.6 Å². The van der Waals surface area contributed by atoms with Gasteiger partial charge in [-0.15, -0.1) is 0 Å². The third-order valence-electron chi connectivity index (χ3n) is 2.68. The van der Waals surface area contributed by atoms with E-state index in [1.165, 1.54) is 23.9 Å². The predicted octanol–water partition coefficient (Wildman–Crippen LogP) is -0.221. The zero-order valence-electron chi connectivity index (χ0n) is 12.0. The number of carbonyl (C=O) groups excluding carboxylic acids is 1. The lowest BCUT2D eigenvalue weighted by molar-refractivity contribution is 0.0914. The Bertz CT molecular complexity index is 499. The van der Waals surface area contributed by atoms with Gasteiger partial charge in [-0.3, -0.25) is 9.59 Å². The maximum atomic E-state index is 12.0. The molecule has 0 radical (unpaired) electrons. The molecule has 0 saturated heterocycles. The van der Waals surface area contributed by atoms with Crippen LogP contribution in [0.5, 0.6) is 0 Å². The minimum atomic E-state index is -0.492. The van der Waals surface area contributed by atoms with Crippen molar-refractivity contribution in [1.29, 1.82) is 0 Å². The molecular weight excluding hydrogens is 262 g/mol. The molecule has 2 unspecified atom stereocenters. The number of amides is 1. The summed E-state index contributed by atoms with van der Waals surface area (Å²) >= 11 is 0. The van der Waals surface area contributed by atoms with E-state index in [4.69, 9.17) is 4.74 Å². The Morgan fingerprint density at radius 1 is 1.50 bits per heavy atom. The van der Waals surface area contributed by atoms with Crippen LogP contribution in [0.3, 0.4) is 0 Å². The van der Waals surface area contributed by atoms with Gasteiger partial charge in [-0.1, -0.05) is 0 Å². The highest BCUT2D eigenvalue weighted by atomic mass is 16.5. The van der Waals surface area contributed by atoms with Crippen LogP contribution < -0.4 is 10.9 Å². The van der Waals surface area contributed by atoms with Gasteiger partial charge in [0, 0.05) is 19.2 Å². The van der Waals surface area contributed by atoms with E-state index in [-0.39, 0.29) is 23.2 Å². The summed E-state index contributed by atoms with van der Waals surface area (Å²) in [6.45, 7) is 4.09. The number of hydrogen-bond donors (Lipinski definition) is 2. The van der Waals surface area contributed by atoms with Gasteiger partial charge in [0.1, 0.15) is 5.69 Å². The van der Waals surface area contributed by atoms with Crippen LogP contribution in [0, 0.1) is 0 Å². The monoisotopic (exact) mass is 283 g/mol. The number of carbonyl (C=O) groups is 1. The third-order valence-corrected chi connectivity index (χ3v) is 2.68. The highest BCUT2D eigenvalue weighted by molar-refractivity contribution is 5.92. The van der Waals surface area contributed by atoms with Crippen LogP contribution in [-0.2, 0) is 11.3 Å². The summed E-state index contributed by atoms with van der Waals surface area (Å²) in [5, 5.41) is 16.0. The van der Waals surface area contributed by atoms with Crippen molar-refractivity contribution in [1.82, 2.24) is 15.1 Å². The molecule has 0 aliphatic heterocycles. The minimum Gasteiger partial charge on any atom is -0.393 e. The standard InChI is InChI=1S/C13H21N3O4/c1-9(8-10(2)17)14-13(19)11-4-5-12(18)16(15-11)6-7-20-3/h4-5,9-10,17H,6-8H2,1-3H3,(H,14,19). The molecule has 2 N–H and O–H groups in total. The van der Waals surface area contributed by atoms with Crippen molar-refractivity contribution in [3.05, 3.63) is 28.2 Å². The smallest absolute Gasteiger partial charge is 0.271 e. The Labute approximate surface area is 117 Å². The van der Waals surface area contributed by atoms with Gasteiger partial charge in [-0.2, -0.15) is 5.10 Å². The molecule has 0 spiro atoms. The SMILES string of the molecule is COCCn1nc(C(=O)NC(C)CC(C)O)ccc1=O. The zero-order chi connectivity index (χ0) is 15.1. The minimum absolute atomic E-state index is 0.165. The number of methoxy groups -OCH3 is 1. The van der Waals surface area contributed by atoms with E-state index in [1.54, 1.807) is 13.8 Å². The van der Waals surface area contributed by atoms with E-state index < -0.39 is 6.10 Å². The van der Waals surface area contributed by atoms with E-state index in [2.05, 4.69) is 10.4 Å². The summed E-state index contributed by atoms with van der Waals surface area (Å²) in [5.41, 5.74) is -0.117. The maximum Gasteiger partial charge on any atom is 0.271 e. The van der Waals surface area contributed by atoms with Crippen LogP contribution >= 0.6 is 0 Å². The topological polar surface area (TPSA) is 93.5 Å². The summed E-state index contributed by atoms with van der Waals surface area (Å²) in [6.07, 6.45) is -0.0383. The summed E-state index contributed by atoms with van der Waals surface area (Å²) < 4.78 is 6.07. The molecule has 7 heteroatoms. The van der Waals surface area contributed by atoms with Crippen molar-refractivity contribution in [3.63, 3.8) is 0 Å². The number of hydrogen-bond acceptors (Lipinski definition) is 5. The summed E-state index contributed by atoms with van der Waals surface area (Å²) in [7, 11) is 1.53. The Balaban J connectivity index is 2.75. The van der Waals surface area contributed by atoms with E-state index in [0.717, 1.165) is 0 Å². The maximum absolute atomic E-state index is 12.0. The number of nitrogens with one attached hydrogen (secondary N) is 1. The molecule has 0 aliphatic carbocycles. The average molecular weight is 283 g/mol. The van der Waals surface area contributed by atoms with Crippen LogP contribution in [0.1, 0.15) is 30.8 Å². The molecule has 0 bridgehead atoms. The fourth-order valence-corrected chi connectivity index (χ4v) is 1.78. The average Bonchev–Trinajstić information content (AvgIpc) is 2.36. The molecule has 1 aromatic rings. The molecule has 1 amide bonds. The molecule has 1 rings (SSSR count). The van der Waals surface area contributed by atoms with Gasteiger partial charge in [0.25, 0.3) is 11.5 Å². The first-order valence-corrected chi connectivity index (χ1v) is 6.50. The lowest BCUT2D eigenvalue weighted by Crippen LogP contribution is -2.36. The first-order chi connectivity index (χ1) is 9.43. The Morgan fingerprint density at radius 3 is 2.80 bits per heavy atom. The Morgan fingerprint density at radius 2 is 2.20 bits per heavy atom. The Kier molecular flexibility index (Phi) is 6.33. The van der Waals surface area contributed by atoms with Gasteiger partial charge in [0.2, 0.25) is 0 Å². The van der Waals surface area contributed by atoms with Crippen molar-refractivity contribution >= 4 is 5.91 Å². The van der Waals surface area contributed by atoms with E-state index in [1.807, 2.05) is 0 Å². The summed E-state index contributed by atoms with van der Waals surface area (Å²) in [5.74, 6) is -0.371. The number of aliphatic hydroxyl groups is 1. The fourth-order valence-electron chi connectivity index (χ4n) is 1.78. The number of aromatic nitrogens is 2. The van der Waals surface area contributed by atoms with Gasteiger partial charge < -0.3 is 15.2 Å². The van der Waals surface area contributed by atoms with E-state index in [9.17, 15) is 14.7 Å². The molecule has 0 fully saturated rings. The highest BCUT2D eigenvalue weighted by Gasteiger charge is 2.13. The molecule has 1 heterocycles. The number of nitrogens with zero attached hydrogens (tertiary/aromatic N) is 2. The lowest BCUT2D eigenvalue weighted by atomic mass is 10.1. The van der Waals surface area contributed by atoms with Gasteiger partial charge in [-0.25, -0.2) is 4.68 Å². The lowest BCUT2D eigenvalue weighted by Gasteiger charge is -2.15. The van der Waals surface area contributed by atoms with Crippen molar-refractivity contribution in [2.45, 2.75) is 39.0 Å². The van der Waals surface area contributed by atoms with Gasteiger partial charge in [0.15, 0.2) is 0 Å². The van der Waals surface area contributed by atoms with Crippen molar-refractivity contribution < 1.29 is 14.6 Å². The first-order valence-electron chi connectivity index (χ1n) is 6.50. The quantitative estimate of drug-likeness (QED) is 0.721. The second-order valence-electron chi connectivity index (χ2n) is 4.73. The van der Waals surface area contributed by atoms with Gasteiger partial charge in [-0.05, 0) is 26.3 Å². The number of ether oxygens (including phenoxy) is 1. The van der Waals surface area contributed by atoms with Crippen LogP contribution in [0.2, 0.25) is 0 Å². The molecule has 20 heavy (non-hydrogen) atoms. The van der Waals surface area contributed by atoms with Crippen molar-refractivity contribution in [3.8, 4) is 0 Å². The summed E-state index contributed by atoms with van der Waals surface area (Å²) in [6, 6.07) is 2.51. The first kappa shape index (κ1) is 16.3. The summed E-state index contributed by atoms with van der Waals surface area (Å²) in [4.78, 5) is 23.5. The second-order valence-corrected chi connectivity index (χ2v) is 4.73. The van der Waals surface area contributed by atoms with Gasteiger partial charge >= 0.3 is 0 Å². The van der Waals surface area contributed by atoms with Crippen LogP contribution in [0.4, 0.5) is 0 Å². The largest absolute Gasteiger partial charge is 0.393 e. The molecule has 2 atom stereocenters. The molecule has 112 valence electrons. The Hall–Kier alpha value is -1.73. The molecular formula is C13H21N3O4. The molecule has 0 aliphatic rings. The highest BCUT2D eigenvalue weighted by Crippen LogP contribution is 1.99. The molecule has 0 saturated carbocycles.